The monoisotopic (exact) mass is 602 g/mol. The molecule has 2 aromatic rings. The Bertz CT molecular complexity index is 1330. The molecule has 0 amide bonds. The van der Waals surface area contributed by atoms with E-state index >= 15 is 0 Å². The molecule has 0 heterocycles. The minimum absolute atomic E-state index is 0.00234. The highest BCUT2D eigenvalue weighted by molar-refractivity contribution is 7.86. The van der Waals surface area contributed by atoms with Crippen LogP contribution in [0.5, 0.6) is 11.5 Å². The first-order valence-electron chi connectivity index (χ1n) is 12.1. The van der Waals surface area contributed by atoms with Crippen LogP contribution in [0.25, 0.3) is 0 Å². The van der Waals surface area contributed by atoms with E-state index in [1.807, 2.05) is 0 Å². The van der Waals surface area contributed by atoms with E-state index in [0.717, 1.165) is 25.7 Å². The number of nitrogens with zero attached hydrogens (tertiary/aromatic N) is 1. The number of benzene rings is 2. The normalized spacial score (nSPS) is 13.8. The Hall–Kier alpha value is -3.28. The summed E-state index contributed by atoms with van der Waals surface area (Å²) in [6.07, 6.45) is -0.290. The molecule has 222 valence electrons. The number of nitrogen functional groups attached to an aromatic ring is 1. The van der Waals surface area contributed by atoms with Gasteiger partial charge in [-0.05, 0) is 74.2 Å². The van der Waals surface area contributed by atoms with Gasteiger partial charge in [-0.15, -0.1) is 0 Å². The smallest absolute Gasteiger partial charge is 0.269 e. The summed E-state index contributed by atoms with van der Waals surface area (Å²) < 4.78 is 73.3. The fraction of sp³-hybridized carbons (Fsp3) is 0.417. The number of rotatable bonds is 17. The van der Waals surface area contributed by atoms with Gasteiger partial charge in [0.2, 0.25) is 0 Å². The third kappa shape index (κ3) is 13.7. The minimum atomic E-state index is -4.57. The summed E-state index contributed by atoms with van der Waals surface area (Å²) in [5, 5.41) is 29.4. The number of aliphatic imine (C=N–C) groups is 1. The molecule has 16 heteroatoms. The van der Waals surface area contributed by atoms with Crippen molar-refractivity contribution in [3.63, 3.8) is 0 Å². The van der Waals surface area contributed by atoms with E-state index in [2.05, 4.69) is 10.3 Å². The third-order valence-corrected chi connectivity index (χ3v) is 6.64. The number of aliphatic hydroxyl groups is 2. The molecule has 2 rings (SSSR count). The predicted molar refractivity (Wildman–Crippen MR) is 148 cm³/mol. The quantitative estimate of drug-likeness (QED) is 0.0436. The number of nitrogens with two attached hydrogens (primary N) is 1. The largest absolute Gasteiger partial charge is 0.494 e. The van der Waals surface area contributed by atoms with Gasteiger partial charge in [-0.2, -0.15) is 16.8 Å². The topological polar surface area (TPSA) is 242 Å². The van der Waals surface area contributed by atoms with Gasteiger partial charge < -0.3 is 30.7 Å². The van der Waals surface area contributed by atoms with Gasteiger partial charge in [0.15, 0.2) is 6.23 Å². The van der Waals surface area contributed by atoms with E-state index in [1.54, 1.807) is 36.4 Å². The van der Waals surface area contributed by atoms with Crippen LogP contribution >= 0.6 is 0 Å². The molecule has 0 aliphatic rings. The van der Waals surface area contributed by atoms with Crippen LogP contribution in [-0.4, -0.2) is 85.0 Å². The number of unbranched alkanes of at least 4 members (excludes halogenated alkanes) is 3. The first-order chi connectivity index (χ1) is 18.7. The molecule has 0 bridgehead atoms. The molecule has 14 nitrogen and oxygen atoms in total. The van der Waals surface area contributed by atoms with Gasteiger partial charge >= 0.3 is 0 Å². The van der Waals surface area contributed by atoms with Crippen LogP contribution in [0.4, 0.5) is 0 Å². The second kappa shape index (κ2) is 15.5. The molecule has 0 aliphatic carbocycles. The van der Waals surface area contributed by atoms with E-state index in [1.165, 1.54) is 12.1 Å². The lowest BCUT2D eigenvalue weighted by molar-refractivity contribution is 0.177. The van der Waals surface area contributed by atoms with Crippen molar-refractivity contribution in [3.8, 4) is 11.5 Å². The number of ether oxygens (including phenoxy) is 2. The van der Waals surface area contributed by atoms with Gasteiger partial charge in [0.1, 0.15) is 40.9 Å². The Kier molecular flexibility index (Phi) is 12.8. The molecule has 0 aliphatic heterocycles. The summed E-state index contributed by atoms with van der Waals surface area (Å²) in [4.78, 5) is 3.69. The fourth-order valence-electron chi connectivity index (χ4n) is 3.35. The summed E-state index contributed by atoms with van der Waals surface area (Å²) in [6.45, 7) is 0.990. The van der Waals surface area contributed by atoms with Crippen LogP contribution in [0, 0.1) is 5.41 Å². The summed E-state index contributed by atoms with van der Waals surface area (Å²) in [5.41, 5.74) is 6.29. The summed E-state index contributed by atoms with van der Waals surface area (Å²) in [5.74, 6) is -1.30. The highest BCUT2D eigenvalue weighted by atomic mass is 32.2. The number of aliphatic hydroxyl groups excluding tert-OH is 2. The highest BCUT2D eigenvalue weighted by Crippen LogP contribution is 2.15. The van der Waals surface area contributed by atoms with Crippen molar-refractivity contribution in [3.05, 3.63) is 59.7 Å². The summed E-state index contributed by atoms with van der Waals surface area (Å²) >= 11 is 0. The molecule has 2 atom stereocenters. The number of amidine groups is 2. The SMILES string of the molecule is N=C(N)c1ccc(OCCCCCCOc2ccc(C(=NC(O)CS(=O)(=O)O)NC(O)CS(=O)(=O)O)cc2)cc1. The zero-order valence-corrected chi connectivity index (χ0v) is 23.1. The molecule has 40 heavy (non-hydrogen) atoms. The van der Waals surface area contributed by atoms with E-state index in [0.29, 0.717) is 30.3 Å². The molecular weight excluding hydrogens is 568 g/mol. The van der Waals surface area contributed by atoms with Crippen LogP contribution < -0.4 is 20.5 Å². The molecule has 0 fully saturated rings. The Morgan fingerprint density at radius 2 is 1.25 bits per heavy atom. The molecule has 0 saturated carbocycles. The van der Waals surface area contributed by atoms with Crippen LogP contribution in [0.1, 0.15) is 36.8 Å². The number of hydrogen-bond donors (Lipinski definition) is 7. The predicted octanol–water partition coefficient (Wildman–Crippen LogP) is 0.737. The second-order valence-electron chi connectivity index (χ2n) is 8.69. The molecule has 0 saturated heterocycles. The standard InChI is InChI=1S/C24H34N4O10S2/c25-23(26)17-5-9-19(10-6-17)37-13-3-1-2-4-14-38-20-11-7-18(8-12-20)24(27-21(29)15-39(31,32)33)28-22(30)16-40(34,35)36/h5-12,21-22,29-30H,1-4,13-16H2,(H3,25,26)(H,27,28)(H,31,32,33)(H,34,35,36). The highest BCUT2D eigenvalue weighted by Gasteiger charge is 2.19. The molecule has 0 spiro atoms. The van der Waals surface area contributed by atoms with E-state index in [4.69, 9.17) is 29.7 Å². The Morgan fingerprint density at radius 3 is 1.68 bits per heavy atom. The van der Waals surface area contributed by atoms with Crippen LogP contribution in [-0.2, 0) is 20.2 Å². The first-order valence-corrected chi connectivity index (χ1v) is 15.3. The van der Waals surface area contributed by atoms with Crippen molar-refractivity contribution in [2.24, 2.45) is 10.7 Å². The van der Waals surface area contributed by atoms with Gasteiger partial charge in [0.25, 0.3) is 20.2 Å². The molecule has 0 radical (unpaired) electrons. The summed E-state index contributed by atoms with van der Waals surface area (Å²) in [6, 6.07) is 13.1. The molecular formula is C24H34N4O10S2. The summed E-state index contributed by atoms with van der Waals surface area (Å²) in [7, 11) is -9.13. The van der Waals surface area contributed by atoms with Gasteiger partial charge in [0.05, 0.1) is 13.2 Å². The van der Waals surface area contributed by atoms with Crippen molar-refractivity contribution >= 4 is 31.9 Å². The van der Waals surface area contributed by atoms with Crippen molar-refractivity contribution < 1.29 is 45.6 Å². The lowest BCUT2D eigenvalue weighted by Crippen LogP contribution is -2.41. The Balaban J connectivity index is 1.82. The van der Waals surface area contributed by atoms with Gasteiger partial charge in [-0.3, -0.25) is 14.5 Å². The minimum Gasteiger partial charge on any atom is -0.494 e. The lowest BCUT2D eigenvalue weighted by Gasteiger charge is -2.17. The maximum absolute atomic E-state index is 11.0. The third-order valence-electron chi connectivity index (χ3n) is 5.18. The maximum atomic E-state index is 11.0. The van der Waals surface area contributed by atoms with Crippen LogP contribution in [0.2, 0.25) is 0 Å². The van der Waals surface area contributed by atoms with Gasteiger partial charge in [0, 0.05) is 11.1 Å². The van der Waals surface area contributed by atoms with E-state index < -0.39 is 44.2 Å². The van der Waals surface area contributed by atoms with E-state index in [9.17, 15) is 27.0 Å². The maximum Gasteiger partial charge on any atom is 0.269 e. The van der Waals surface area contributed by atoms with Crippen LogP contribution in [0.15, 0.2) is 53.5 Å². The van der Waals surface area contributed by atoms with Crippen molar-refractivity contribution in [1.82, 2.24) is 5.32 Å². The van der Waals surface area contributed by atoms with Crippen molar-refractivity contribution in [2.75, 3.05) is 24.7 Å². The van der Waals surface area contributed by atoms with Crippen LogP contribution in [0.3, 0.4) is 0 Å². The Labute approximate surface area is 232 Å². The average Bonchev–Trinajstić information content (AvgIpc) is 2.83. The average molecular weight is 603 g/mol. The zero-order valence-electron chi connectivity index (χ0n) is 21.5. The zero-order chi connectivity index (χ0) is 29.8. The van der Waals surface area contributed by atoms with Gasteiger partial charge in [-0.25, -0.2) is 4.99 Å². The number of nitrogens with one attached hydrogen (secondary N) is 2. The van der Waals surface area contributed by atoms with Crippen molar-refractivity contribution in [2.45, 2.75) is 38.1 Å². The second-order valence-corrected chi connectivity index (χ2v) is 11.7. The molecule has 0 aromatic heterocycles. The lowest BCUT2D eigenvalue weighted by atomic mass is 10.2. The van der Waals surface area contributed by atoms with Gasteiger partial charge in [-0.1, -0.05) is 0 Å². The number of hydrogen-bond acceptors (Lipinski definition) is 10. The first kappa shape index (κ1) is 32.9. The van der Waals surface area contributed by atoms with E-state index in [-0.39, 0.29) is 17.2 Å². The molecule has 2 aromatic carbocycles. The Morgan fingerprint density at radius 1 is 0.800 bits per heavy atom. The molecule has 2 unspecified atom stereocenters. The van der Waals surface area contributed by atoms with Crippen molar-refractivity contribution in [1.29, 1.82) is 5.41 Å². The fourth-order valence-corrected chi connectivity index (χ4v) is 4.28. The molecule has 8 N–H and O–H groups in total.